The van der Waals surface area contributed by atoms with E-state index in [4.69, 9.17) is 4.74 Å². The molecular formula is C19H24N2O2. The fourth-order valence-corrected chi connectivity index (χ4v) is 3.98. The molecule has 1 saturated carbocycles. The van der Waals surface area contributed by atoms with Gasteiger partial charge in [-0.1, -0.05) is 24.3 Å². The summed E-state index contributed by atoms with van der Waals surface area (Å²) < 4.78 is 5.29. The van der Waals surface area contributed by atoms with Crippen molar-refractivity contribution in [1.82, 2.24) is 9.80 Å². The van der Waals surface area contributed by atoms with Crippen molar-refractivity contribution in [2.75, 3.05) is 33.3 Å². The van der Waals surface area contributed by atoms with Gasteiger partial charge < -0.3 is 9.64 Å². The Morgan fingerprint density at radius 2 is 2.09 bits per heavy atom. The zero-order valence-corrected chi connectivity index (χ0v) is 13.6. The molecule has 0 aromatic heterocycles. The van der Waals surface area contributed by atoms with Crippen LogP contribution in [0.15, 0.2) is 36.4 Å². The Kier molecular flexibility index (Phi) is 3.85. The fourth-order valence-electron chi connectivity index (χ4n) is 3.98. The topological polar surface area (TPSA) is 32.8 Å². The van der Waals surface area contributed by atoms with E-state index in [1.54, 1.807) is 7.11 Å². The van der Waals surface area contributed by atoms with Crippen LogP contribution in [0, 0.1) is 5.92 Å². The number of rotatable bonds is 4. The average molecular weight is 312 g/mol. The lowest BCUT2D eigenvalue weighted by Crippen LogP contribution is -2.38. The normalized spacial score (nSPS) is 30.0. The van der Waals surface area contributed by atoms with Crippen molar-refractivity contribution >= 4 is 5.91 Å². The lowest BCUT2D eigenvalue weighted by molar-refractivity contribution is -0.131. The number of methoxy groups -OCH3 is 1. The van der Waals surface area contributed by atoms with Crippen molar-refractivity contribution in [3.05, 3.63) is 42.0 Å². The molecule has 0 bridgehead atoms. The van der Waals surface area contributed by atoms with Crippen LogP contribution < -0.4 is 4.74 Å². The Bertz CT molecular complexity index is 620. The maximum atomic E-state index is 12.8. The van der Waals surface area contributed by atoms with E-state index in [2.05, 4.69) is 34.1 Å². The first-order chi connectivity index (χ1) is 11.3. The molecule has 2 heterocycles. The SMILES string of the molecule is COc1cccc([C@@H]2C[C@@H]2C(=O)N2CC[C@@H](N3CC=CC3)C2)c1. The van der Waals surface area contributed by atoms with Gasteiger partial charge >= 0.3 is 0 Å². The van der Waals surface area contributed by atoms with Gasteiger partial charge in [0.1, 0.15) is 5.75 Å². The van der Waals surface area contributed by atoms with Crippen molar-refractivity contribution < 1.29 is 9.53 Å². The molecule has 1 amide bonds. The summed E-state index contributed by atoms with van der Waals surface area (Å²) >= 11 is 0. The second-order valence-electron chi connectivity index (χ2n) is 6.88. The zero-order valence-electron chi connectivity index (χ0n) is 13.6. The summed E-state index contributed by atoms with van der Waals surface area (Å²) in [5.41, 5.74) is 1.24. The van der Waals surface area contributed by atoms with E-state index in [1.807, 2.05) is 12.1 Å². The first-order valence-electron chi connectivity index (χ1n) is 8.58. The van der Waals surface area contributed by atoms with Crippen LogP contribution in [0.1, 0.15) is 24.3 Å². The van der Waals surface area contributed by atoms with Crippen LogP contribution in [-0.2, 0) is 4.79 Å². The Hall–Kier alpha value is -1.81. The number of nitrogens with zero attached hydrogens (tertiary/aromatic N) is 2. The molecule has 0 spiro atoms. The van der Waals surface area contributed by atoms with Crippen LogP contribution >= 0.6 is 0 Å². The minimum Gasteiger partial charge on any atom is -0.497 e. The lowest BCUT2D eigenvalue weighted by Gasteiger charge is -2.23. The molecule has 4 heteroatoms. The van der Waals surface area contributed by atoms with Crippen LogP contribution in [0.2, 0.25) is 0 Å². The second-order valence-corrected chi connectivity index (χ2v) is 6.88. The van der Waals surface area contributed by atoms with Crippen LogP contribution in [-0.4, -0.2) is 55.0 Å². The quantitative estimate of drug-likeness (QED) is 0.800. The van der Waals surface area contributed by atoms with Crippen LogP contribution in [0.25, 0.3) is 0 Å². The Morgan fingerprint density at radius 1 is 1.26 bits per heavy atom. The molecule has 0 unspecified atom stereocenters. The van der Waals surface area contributed by atoms with Crippen LogP contribution in [0.5, 0.6) is 5.75 Å². The van der Waals surface area contributed by atoms with Gasteiger partial charge in [0.05, 0.1) is 7.11 Å². The van der Waals surface area contributed by atoms with Gasteiger partial charge in [-0.2, -0.15) is 0 Å². The molecule has 23 heavy (non-hydrogen) atoms. The third-order valence-corrected chi connectivity index (χ3v) is 5.47. The maximum Gasteiger partial charge on any atom is 0.226 e. The van der Waals surface area contributed by atoms with Crippen molar-refractivity contribution in [2.45, 2.75) is 24.8 Å². The number of likely N-dealkylation sites (tertiary alicyclic amines) is 1. The van der Waals surface area contributed by atoms with Gasteiger partial charge in [0.25, 0.3) is 0 Å². The molecule has 3 aliphatic rings. The summed E-state index contributed by atoms with van der Waals surface area (Å²) in [6, 6.07) is 8.70. The average Bonchev–Trinajstić information content (AvgIpc) is 3.00. The predicted octanol–water partition coefficient (Wildman–Crippen LogP) is 2.27. The number of carbonyl (C=O) groups is 1. The Morgan fingerprint density at radius 3 is 2.87 bits per heavy atom. The number of benzene rings is 1. The first kappa shape index (κ1) is 14.8. The third-order valence-electron chi connectivity index (χ3n) is 5.47. The maximum absolute atomic E-state index is 12.8. The molecule has 122 valence electrons. The molecule has 1 saturated heterocycles. The van der Waals surface area contributed by atoms with Gasteiger partial charge in [-0.3, -0.25) is 9.69 Å². The van der Waals surface area contributed by atoms with E-state index in [1.165, 1.54) is 5.56 Å². The second kappa shape index (κ2) is 6.00. The summed E-state index contributed by atoms with van der Waals surface area (Å²) in [6.07, 6.45) is 6.55. The molecule has 1 aromatic rings. The molecule has 2 fully saturated rings. The van der Waals surface area contributed by atoms with E-state index in [0.29, 0.717) is 17.9 Å². The number of hydrogen-bond donors (Lipinski definition) is 0. The van der Waals surface area contributed by atoms with E-state index < -0.39 is 0 Å². The van der Waals surface area contributed by atoms with Gasteiger partial charge in [0.15, 0.2) is 0 Å². The number of amides is 1. The monoisotopic (exact) mass is 312 g/mol. The minimum atomic E-state index is 0.178. The van der Waals surface area contributed by atoms with Gasteiger partial charge in [-0.05, 0) is 36.5 Å². The molecule has 1 aliphatic carbocycles. The molecule has 2 aliphatic heterocycles. The van der Waals surface area contributed by atoms with E-state index >= 15 is 0 Å². The minimum absolute atomic E-state index is 0.178. The van der Waals surface area contributed by atoms with Gasteiger partial charge in [0.2, 0.25) is 5.91 Å². The predicted molar refractivity (Wildman–Crippen MR) is 89.5 cm³/mol. The number of ether oxygens (including phenoxy) is 1. The van der Waals surface area contributed by atoms with Crippen LogP contribution in [0.3, 0.4) is 0 Å². The molecule has 1 aromatic carbocycles. The van der Waals surface area contributed by atoms with Crippen molar-refractivity contribution in [2.24, 2.45) is 5.92 Å². The summed E-state index contributed by atoms with van der Waals surface area (Å²) in [5.74, 6) is 1.79. The Labute approximate surface area is 137 Å². The highest BCUT2D eigenvalue weighted by Gasteiger charge is 2.47. The van der Waals surface area contributed by atoms with Gasteiger partial charge in [-0.25, -0.2) is 0 Å². The van der Waals surface area contributed by atoms with Crippen molar-refractivity contribution in [3.8, 4) is 5.75 Å². The van der Waals surface area contributed by atoms with Gasteiger partial charge in [-0.15, -0.1) is 0 Å². The standard InChI is InChI=1S/C19H24N2O2/c1-23-16-6-4-5-14(11-16)17-12-18(17)19(22)21-10-7-15(13-21)20-8-2-3-9-20/h2-6,11,15,17-18H,7-10,12-13H2,1H3/t15-,17+,18+/m1/s1. The van der Waals surface area contributed by atoms with Gasteiger partial charge in [0, 0.05) is 38.1 Å². The molecule has 0 N–H and O–H groups in total. The number of carbonyl (C=O) groups excluding carboxylic acids is 1. The summed E-state index contributed by atoms with van der Waals surface area (Å²) in [7, 11) is 1.69. The molecule has 4 rings (SSSR count). The van der Waals surface area contributed by atoms with Crippen LogP contribution in [0.4, 0.5) is 0 Å². The smallest absolute Gasteiger partial charge is 0.226 e. The van der Waals surface area contributed by atoms with E-state index in [9.17, 15) is 4.79 Å². The molecule has 0 radical (unpaired) electrons. The largest absolute Gasteiger partial charge is 0.497 e. The highest BCUT2D eigenvalue weighted by molar-refractivity contribution is 5.83. The molecular weight excluding hydrogens is 288 g/mol. The highest BCUT2D eigenvalue weighted by atomic mass is 16.5. The third kappa shape index (κ3) is 2.88. The highest BCUT2D eigenvalue weighted by Crippen LogP contribution is 2.49. The van der Waals surface area contributed by atoms with Crippen molar-refractivity contribution in [1.29, 1.82) is 0 Å². The zero-order chi connectivity index (χ0) is 15.8. The summed E-state index contributed by atoms with van der Waals surface area (Å²) in [5, 5.41) is 0. The fraction of sp³-hybridized carbons (Fsp3) is 0.526. The number of hydrogen-bond acceptors (Lipinski definition) is 3. The summed E-state index contributed by atoms with van der Waals surface area (Å²) in [4.78, 5) is 17.3. The van der Waals surface area contributed by atoms with Crippen molar-refractivity contribution in [3.63, 3.8) is 0 Å². The lowest BCUT2D eigenvalue weighted by atomic mass is 10.1. The molecule has 4 nitrogen and oxygen atoms in total. The Balaban J connectivity index is 1.35. The van der Waals surface area contributed by atoms with E-state index in [-0.39, 0.29) is 5.92 Å². The molecule has 3 atom stereocenters. The first-order valence-corrected chi connectivity index (χ1v) is 8.58. The summed E-state index contributed by atoms with van der Waals surface area (Å²) in [6.45, 7) is 3.91. The van der Waals surface area contributed by atoms with E-state index in [0.717, 1.165) is 44.8 Å².